The molecule has 1 atom stereocenters. The van der Waals surface area contributed by atoms with Crippen molar-refractivity contribution in [2.75, 3.05) is 7.11 Å². The highest BCUT2D eigenvalue weighted by Crippen LogP contribution is 2.31. The highest BCUT2D eigenvalue weighted by molar-refractivity contribution is 5.80. The summed E-state index contributed by atoms with van der Waals surface area (Å²) < 4.78 is 20.5. The molecule has 6 heteroatoms. The molecule has 0 aliphatic heterocycles. The van der Waals surface area contributed by atoms with Gasteiger partial charge in [0.25, 0.3) is 0 Å². The van der Waals surface area contributed by atoms with Gasteiger partial charge in [-0.05, 0) is 24.5 Å². The summed E-state index contributed by atoms with van der Waals surface area (Å²) in [5.74, 6) is 0.364. The molecule has 1 radical (unpaired) electrons. The fourth-order valence-electron chi connectivity index (χ4n) is 2.45. The summed E-state index contributed by atoms with van der Waals surface area (Å²) in [5.41, 5.74) is 2.85. The van der Waals surface area contributed by atoms with E-state index < -0.39 is 5.82 Å². The van der Waals surface area contributed by atoms with Crippen molar-refractivity contribution >= 4 is 5.65 Å². The second-order valence-corrected chi connectivity index (χ2v) is 5.55. The van der Waals surface area contributed by atoms with Gasteiger partial charge in [0.2, 0.25) is 5.88 Å². The Balaban J connectivity index is 2.11. The average molecular weight is 313 g/mol. The summed E-state index contributed by atoms with van der Waals surface area (Å²) in [6.45, 7) is 6.05. The van der Waals surface area contributed by atoms with E-state index in [1.807, 2.05) is 12.3 Å². The lowest BCUT2D eigenvalue weighted by Gasteiger charge is -2.09. The van der Waals surface area contributed by atoms with Crippen LogP contribution in [0.15, 0.2) is 30.7 Å². The molecule has 0 bridgehead atoms. The number of nitrogens with zero attached hydrogens (tertiary/aromatic N) is 4. The molecule has 3 heterocycles. The zero-order chi connectivity index (χ0) is 16.4. The first-order valence-corrected chi connectivity index (χ1v) is 7.44. The molecule has 0 amide bonds. The molecule has 3 rings (SSSR count). The van der Waals surface area contributed by atoms with Crippen LogP contribution in [0.4, 0.5) is 4.39 Å². The van der Waals surface area contributed by atoms with Crippen molar-refractivity contribution in [2.24, 2.45) is 5.92 Å². The molecule has 0 spiro atoms. The number of pyridine rings is 1. The first-order valence-electron chi connectivity index (χ1n) is 7.44. The van der Waals surface area contributed by atoms with Crippen LogP contribution in [0, 0.1) is 18.7 Å². The molecule has 0 saturated carbocycles. The third-order valence-corrected chi connectivity index (χ3v) is 3.78. The Hall–Kier alpha value is -2.50. The quantitative estimate of drug-likeness (QED) is 0.725. The van der Waals surface area contributed by atoms with Crippen molar-refractivity contribution < 1.29 is 9.13 Å². The second kappa shape index (κ2) is 6.32. The van der Waals surface area contributed by atoms with Gasteiger partial charge in [-0.2, -0.15) is 5.10 Å². The van der Waals surface area contributed by atoms with Crippen molar-refractivity contribution in [3.05, 3.63) is 49.2 Å². The highest BCUT2D eigenvalue weighted by Gasteiger charge is 2.16. The number of aromatic nitrogens is 4. The smallest absolute Gasteiger partial charge is 0.221 e. The normalized spacial score (nSPS) is 12.5. The summed E-state index contributed by atoms with van der Waals surface area (Å²) in [6.07, 6.45) is 6.32. The monoisotopic (exact) mass is 313 g/mol. The van der Waals surface area contributed by atoms with Gasteiger partial charge in [-0.3, -0.25) is 0 Å². The van der Waals surface area contributed by atoms with E-state index in [0.717, 1.165) is 24.7 Å². The molecule has 23 heavy (non-hydrogen) atoms. The van der Waals surface area contributed by atoms with E-state index in [1.54, 1.807) is 10.7 Å². The van der Waals surface area contributed by atoms with E-state index in [1.165, 1.54) is 13.2 Å². The van der Waals surface area contributed by atoms with Gasteiger partial charge in [0.15, 0.2) is 5.65 Å². The maximum Gasteiger partial charge on any atom is 0.221 e. The number of methoxy groups -OCH3 is 1. The lowest BCUT2D eigenvalue weighted by atomic mass is 10.0. The Labute approximate surface area is 134 Å². The van der Waals surface area contributed by atoms with Crippen LogP contribution >= 0.6 is 0 Å². The van der Waals surface area contributed by atoms with Gasteiger partial charge in [-0.25, -0.2) is 18.9 Å². The molecular formula is C17H18FN4O. The molecule has 0 N–H and O–H groups in total. The molecule has 0 saturated heterocycles. The number of hydrogen-bond acceptors (Lipinski definition) is 4. The van der Waals surface area contributed by atoms with Crippen LogP contribution in [-0.2, 0) is 6.42 Å². The number of rotatable bonds is 5. The van der Waals surface area contributed by atoms with Gasteiger partial charge >= 0.3 is 0 Å². The van der Waals surface area contributed by atoms with E-state index >= 15 is 0 Å². The van der Waals surface area contributed by atoms with E-state index in [9.17, 15) is 4.39 Å². The zero-order valence-electron chi connectivity index (χ0n) is 13.2. The summed E-state index contributed by atoms with van der Waals surface area (Å²) in [5, 5.41) is 4.28. The van der Waals surface area contributed by atoms with E-state index in [4.69, 9.17) is 4.74 Å². The lowest BCUT2D eigenvalue weighted by Crippen LogP contribution is -2.02. The topological polar surface area (TPSA) is 52.3 Å². The zero-order valence-corrected chi connectivity index (χ0v) is 13.2. The third-order valence-electron chi connectivity index (χ3n) is 3.78. The molecule has 3 aromatic rings. The fourth-order valence-corrected chi connectivity index (χ4v) is 2.45. The molecule has 1 unspecified atom stereocenters. The van der Waals surface area contributed by atoms with Crippen LogP contribution < -0.4 is 4.74 Å². The van der Waals surface area contributed by atoms with Crippen LogP contribution in [0.5, 0.6) is 5.88 Å². The summed E-state index contributed by atoms with van der Waals surface area (Å²) in [6, 6.07) is 3.33. The predicted molar refractivity (Wildman–Crippen MR) is 85.6 cm³/mol. The van der Waals surface area contributed by atoms with Gasteiger partial charge in [0, 0.05) is 11.9 Å². The Morgan fingerprint density at radius 2 is 2.17 bits per heavy atom. The maximum absolute atomic E-state index is 13.6. The number of ether oxygens (including phenoxy) is 1. The molecule has 0 aliphatic rings. The van der Waals surface area contributed by atoms with Gasteiger partial charge in [0.05, 0.1) is 30.6 Å². The van der Waals surface area contributed by atoms with Gasteiger partial charge < -0.3 is 4.74 Å². The first kappa shape index (κ1) is 15.4. The van der Waals surface area contributed by atoms with Crippen molar-refractivity contribution in [3.63, 3.8) is 0 Å². The number of halogens is 1. The predicted octanol–water partition coefficient (Wildman–Crippen LogP) is 3.34. The highest BCUT2D eigenvalue weighted by atomic mass is 19.1. The minimum absolute atomic E-state index is 0.347. The van der Waals surface area contributed by atoms with E-state index in [-0.39, 0.29) is 0 Å². The standard InChI is InChI=1S/C17H18FN4O/c1-4-11(2)7-13-5-6-22-16(21-13)15(10-20-22)14-8-12(18)9-19-17(14)23-3/h5-6,8-11H,1,4,7H2,2-3H3. The van der Waals surface area contributed by atoms with E-state index in [0.29, 0.717) is 28.6 Å². The molecule has 5 nitrogen and oxygen atoms in total. The Morgan fingerprint density at radius 1 is 1.35 bits per heavy atom. The van der Waals surface area contributed by atoms with Crippen LogP contribution in [0.3, 0.4) is 0 Å². The van der Waals surface area contributed by atoms with Crippen molar-refractivity contribution in [3.8, 4) is 17.0 Å². The van der Waals surface area contributed by atoms with Crippen LogP contribution in [-0.4, -0.2) is 26.7 Å². The summed E-state index contributed by atoms with van der Waals surface area (Å²) >= 11 is 0. The minimum Gasteiger partial charge on any atom is -0.481 e. The minimum atomic E-state index is -0.429. The molecule has 3 aromatic heterocycles. The Bertz CT molecular complexity index is 831. The third kappa shape index (κ3) is 3.02. The summed E-state index contributed by atoms with van der Waals surface area (Å²) in [4.78, 5) is 8.64. The fraction of sp³-hybridized carbons (Fsp3) is 0.294. The molecule has 0 aromatic carbocycles. The maximum atomic E-state index is 13.6. The Kier molecular flexibility index (Phi) is 4.23. The molecular weight excluding hydrogens is 295 g/mol. The van der Waals surface area contributed by atoms with Gasteiger partial charge in [0.1, 0.15) is 5.82 Å². The van der Waals surface area contributed by atoms with Gasteiger partial charge in [-0.1, -0.05) is 20.3 Å². The van der Waals surface area contributed by atoms with Gasteiger partial charge in [-0.15, -0.1) is 0 Å². The Morgan fingerprint density at radius 3 is 2.91 bits per heavy atom. The first-order chi connectivity index (χ1) is 11.1. The van der Waals surface area contributed by atoms with Crippen molar-refractivity contribution in [2.45, 2.75) is 19.8 Å². The second-order valence-electron chi connectivity index (χ2n) is 5.55. The number of hydrogen-bond donors (Lipinski definition) is 0. The van der Waals surface area contributed by atoms with Crippen molar-refractivity contribution in [1.29, 1.82) is 0 Å². The number of fused-ring (bicyclic) bond motifs is 1. The largest absolute Gasteiger partial charge is 0.481 e. The lowest BCUT2D eigenvalue weighted by molar-refractivity contribution is 0.398. The molecule has 0 aliphatic carbocycles. The van der Waals surface area contributed by atoms with E-state index in [2.05, 4.69) is 28.9 Å². The van der Waals surface area contributed by atoms with Crippen molar-refractivity contribution in [1.82, 2.24) is 19.6 Å². The SMILES string of the molecule is [CH2]CC(C)Cc1ccn2ncc(-c3cc(F)cnc3OC)c2n1. The molecule has 119 valence electrons. The summed E-state index contributed by atoms with van der Waals surface area (Å²) in [7, 11) is 1.50. The van der Waals surface area contributed by atoms with Crippen LogP contribution in [0.25, 0.3) is 16.8 Å². The molecule has 0 fully saturated rings. The van der Waals surface area contributed by atoms with Crippen LogP contribution in [0.1, 0.15) is 19.0 Å². The van der Waals surface area contributed by atoms with Crippen LogP contribution in [0.2, 0.25) is 0 Å². The average Bonchev–Trinajstić information content (AvgIpc) is 2.97.